The highest BCUT2D eigenvalue weighted by Crippen LogP contribution is 2.25. The number of allylic oxidation sites excluding steroid dienone is 2. The van der Waals surface area contributed by atoms with Gasteiger partial charge in [0, 0.05) is 23.9 Å². The molecular weight excluding hydrogens is 343 g/mol. The van der Waals surface area contributed by atoms with Gasteiger partial charge in [-0.25, -0.2) is 9.18 Å². The van der Waals surface area contributed by atoms with Gasteiger partial charge in [0.05, 0.1) is 25.4 Å². The standard InChI is InChI=1S/C17H21FN4O4/c1-10(24)21-7-13-8-22(17(25)26-13)12-3-4-14(15(18)6-12)16(20)5-2-11(19)9-23/h2-6,13,23H,7-9,19-20H2,1H3,(H,21,24)/b11-2-,16-5-. The van der Waals surface area contributed by atoms with E-state index in [2.05, 4.69) is 5.32 Å². The van der Waals surface area contributed by atoms with Crippen molar-refractivity contribution in [2.75, 3.05) is 24.6 Å². The van der Waals surface area contributed by atoms with Crippen molar-refractivity contribution in [3.63, 3.8) is 0 Å². The van der Waals surface area contributed by atoms with Crippen molar-refractivity contribution in [2.24, 2.45) is 11.5 Å². The molecule has 26 heavy (non-hydrogen) atoms. The first-order valence-electron chi connectivity index (χ1n) is 7.87. The number of nitrogens with zero attached hydrogens (tertiary/aromatic N) is 1. The number of rotatable bonds is 6. The van der Waals surface area contributed by atoms with E-state index in [4.69, 9.17) is 21.3 Å². The van der Waals surface area contributed by atoms with Crippen molar-refractivity contribution in [1.82, 2.24) is 5.32 Å². The first kappa shape index (κ1) is 19.3. The number of hydrogen-bond acceptors (Lipinski definition) is 6. The number of aliphatic hydroxyl groups is 1. The minimum atomic E-state index is -0.620. The first-order valence-corrected chi connectivity index (χ1v) is 7.87. The van der Waals surface area contributed by atoms with Crippen molar-refractivity contribution >= 4 is 23.4 Å². The second-order valence-corrected chi connectivity index (χ2v) is 5.74. The second-order valence-electron chi connectivity index (χ2n) is 5.74. The van der Waals surface area contributed by atoms with Gasteiger partial charge >= 0.3 is 6.09 Å². The van der Waals surface area contributed by atoms with Gasteiger partial charge in [-0.05, 0) is 30.4 Å². The predicted octanol–water partition coefficient (Wildman–Crippen LogP) is 0.421. The third-order valence-electron chi connectivity index (χ3n) is 3.69. The van der Waals surface area contributed by atoms with E-state index < -0.39 is 18.0 Å². The van der Waals surface area contributed by atoms with E-state index >= 15 is 0 Å². The van der Waals surface area contributed by atoms with Crippen LogP contribution < -0.4 is 21.7 Å². The van der Waals surface area contributed by atoms with Crippen LogP contribution in [0.25, 0.3) is 5.70 Å². The van der Waals surface area contributed by atoms with E-state index in [0.29, 0.717) is 5.69 Å². The molecule has 1 aliphatic rings. The zero-order valence-corrected chi connectivity index (χ0v) is 14.2. The number of aliphatic hydroxyl groups excluding tert-OH is 1. The lowest BCUT2D eigenvalue weighted by atomic mass is 10.1. The molecule has 0 aliphatic carbocycles. The van der Waals surface area contributed by atoms with Gasteiger partial charge in [-0.2, -0.15) is 0 Å². The number of carbonyl (C=O) groups excluding carboxylic acids is 2. The summed E-state index contributed by atoms with van der Waals surface area (Å²) in [6, 6.07) is 4.16. The molecule has 0 aromatic heterocycles. The average molecular weight is 364 g/mol. The molecule has 1 aromatic rings. The van der Waals surface area contributed by atoms with Crippen LogP contribution in [-0.4, -0.2) is 42.9 Å². The second kappa shape index (κ2) is 8.34. The third kappa shape index (κ3) is 4.73. The minimum Gasteiger partial charge on any atom is -0.442 e. The van der Waals surface area contributed by atoms with Crippen molar-refractivity contribution in [3.8, 4) is 0 Å². The van der Waals surface area contributed by atoms with E-state index in [-0.39, 0.29) is 42.6 Å². The maximum Gasteiger partial charge on any atom is 0.414 e. The number of hydrogen-bond donors (Lipinski definition) is 4. The smallest absolute Gasteiger partial charge is 0.414 e. The van der Waals surface area contributed by atoms with Crippen molar-refractivity contribution in [3.05, 3.63) is 47.4 Å². The van der Waals surface area contributed by atoms with E-state index in [0.717, 1.165) is 0 Å². The van der Waals surface area contributed by atoms with Crippen LogP contribution in [0.3, 0.4) is 0 Å². The topological polar surface area (TPSA) is 131 Å². The van der Waals surface area contributed by atoms with Crippen LogP contribution in [0, 0.1) is 5.82 Å². The molecule has 1 saturated heterocycles. The lowest BCUT2D eigenvalue weighted by molar-refractivity contribution is -0.119. The molecule has 0 spiro atoms. The molecule has 1 heterocycles. The van der Waals surface area contributed by atoms with Gasteiger partial charge in [0.25, 0.3) is 0 Å². The van der Waals surface area contributed by atoms with Gasteiger partial charge < -0.3 is 26.6 Å². The predicted molar refractivity (Wildman–Crippen MR) is 94.2 cm³/mol. The van der Waals surface area contributed by atoms with Crippen LogP contribution in [-0.2, 0) is 9.53 Å². The molecule has 1 atom stereocenters. The van der Waals surface area contributed by atoms with Crippen LogP contribution in [0.15, 0.2) is 36.0 Å². The molecule has 0 saturated carbocycles. The molecule has 0 radical (unpaired) electrons. The molecule has 1 fully saturated rings. The molecule has 2 amide bonds. The quantitative estimate of drug-likeness (QED) is 0.541. The first-order chi connectivity index (χ1) is 12.3. The fraction of sp³-hybridized carbons (Fsp3) is 0.294. The molecule has 6 N–H and O–H groups in total. The summed E-state index contributed by atoms with van der Waals surface area (Å²) in [6.45, 7) is 1.41. The Balaban J connectivity index is 2.14. The number of amides is 2. The summed E-state index contributed by atoms with van der Waals surface area (Å²) in [4.78, 5) is 24.2. The maximum atomic E-state index is 14.4. The maximum absolute atomic E-state index is 14.4. The molecule has 0 bridgehead atoms. The van der Waals surface area contributed by atoms with Crippen LogP contribution in [0.5, 0.6) is 0 Å². The lowest BCUT2D eigenvalue weighted by Gasteiger charge is -2.14. The fourth-order valence-corrected chi connectivity index (χ4v) is 2.34. The minimum absolute atomic E-state index is 0.123. The molecule has 140 valence electrons. The van der Waals surface area contributed by atoms with E-state index in [1.54, 1.807) is 6.07 Å². The summed E-state index contributed by atoms with van der Waals surface area (Å²) >= 11 is 0. The highest BCUT2D eigenvalue weighted by Gasteiger charge is 2.32. The van der Waals surface area contributed by atoms with Crippen LogP contribution in [0.1, 0.15) is 12.5 Å². The Hall–Kier alpha value is -3.07. The zero-order valence-electron chi connectivity index (χ0n) is 14.2. The molecule has 1 aliphatic heterocycles. The SMILES string of the molecule is CC(=O)NCC1CN(c2ccc(/C(N)=C/C=C(\N)CO)c(F)c2)C(=O)O1. The largest absolute Gasteiger partial charge is 0.442 e. The Bertz CT molecular complexity index is 763. The summed E-state index contributed by atoms with van der Waals surface area (Å²) in [5.41, 5.74) is 12.0. The molecule has 2 rings (SSSR count). The normalized spacial score (nSPS) is 18.0. The monoisotopic (exact) mass is 364 g/mol. The Morgan fingerprint density at radius 3 is 2.81 bits per heavy atom. The summed E-state index contributed by atoms with van der Waals surface area (Å²) < 4.78 is 19.5. The Morgan fingerprint density at radius 1 is 1.46 bits per heavy atom. The third-order valence-corrected chi connectivity index (χ3v) is 3.69. The highest BCUT2D eigenvalue weighted by atomic mass is 19.1. The molecule has 9 heteroatoms. The molecular formula is C17H21FN4O4. The van der Waals surface area contributed by atoms with Crippen molar-refractivity contribution in [2.45, 2.75) is 13.0 Å². The number of carbonyl (C=O) groups is 2. The van der Waals surface area contributed by atoms with Gasteiger partial charge in [0.1, 0.15) is 11.9 Å². The number of nitrogens with one attached hydrogen (secondary N) is 1. The van der Waals surface area contributed by atoms with Gasteiger partial charge in [0.2, 0.25) is 5.91 Å². The lowest BCUT2D eigenvalue weighted by Crippen LogP contribution is -2.33. The van der Waals surface area contributed by atoms with E-state index in [1.165, 1.54) is 36.1 Å². The van der Waals surface area contributed by atoms with Crippen molar-refractivity contribution < 1.29 is 23.8 Å². The fourth-order valence-electron chi connectivity index (χ4n) is 2.34. The number of halogens is 1. The van der Waals surface area contributed by atoms with Gasteiger partial charge in [-0.3, -0.25) is 9.69 Å². The zero-order chi connectivity index (χ0) is 19.3. The average Bonchev–Trinajstić information content (AvgIpc) is 2.98. The van der Waals surface area contributed by atoms with Crippen LogP contribution in [0.4, 0.5) is 14.9 Å². The number of cyclic esters (lactones) is 1. The summed E-state index contributed by atoms with van der Waals surface area (Å²) in [5.74, 6) is -0.849. The van der Waals surface area contributed by atoms with E-state index in [1.807, 2.05) is 0 Å². The van der Waals surface area contributed by atoms with Crippen LogP contribution in [0.2, 0.25) is 0 Å². The number of nitrogens with two attached hydrogens (primary N) is 2. The Morgan fingerprint density at radius 2 is 2.19 bits per heavy atom. The molecule has 8 nitrogen and oxygen atoms in total. The Labute approximate surface area is 149 Å². The van der Waals surface area contributed by atoms with Crippen molar-refractivity contribution in [1.29, 1.82) is 0 Å². The van der Waals surface area contributed by atoms with E-state index in [9.17, 15) is 14.0 Å². The summed E-state index contributed by atoms with van der Waals surface area (Å²) in [6.07, 6.45) is 1.64. The molecule has 1 aromatic carbocycles. The van der Waals surface area contributed by atoms with Gasteiger partial charge in [-0.1, -0.05) is 0 Å². The Kier molecular flexibility index (Phi) is 6.18. The number of ether oxygens (including phenoxy) is 1. The van der Waals surface area contributed by atoms with Gasteiger partial charge in [-0.15, -0.1) is 0 Å². The number of benzene rings is 1. The summed E-state index contributed by atoms with van der Waals surface area (Å²) in [5, 5.41) is 11.4. The highest BCUT2D eigenvalue weighted by molar-refractivity contribution is 5.90. The number of anilines is 1. The van der Waals surface area contributed by atoms with Gasteiger partial charge in [0.15, 0.2) is 0 Å². The van der Waals surface area contributed by atoms with Crippen LogP contribution >= 0.6 is 0 Å². The molecule has 1 unspecified atom stereocenters. The summed E-state index contributed by atoms with van der Waals surface area (Å²) in [7, 11) is 0.